The molecule has 0 N–H and O–H groups in total. The minimum absolute atomic E-state index is 0.0987. The molecule has 2 aliphatic heterocycles. The molecule has 4 rings (SSSR count). The van der Waals surface area contributed by atoms with Gasteiger partial charge in [0.1, 0.15) is 0 Å². The molecule has 2 heterocycles. The highest BCUT2D eigenvalue weighted by Crippen LogP contribution is 2.26. The van der Waals surface area contributed by atoms with Gasteiger partial charge < -0.3 is 9.80 Å². The van der Waals surface area contributed by atoms with Gasteiger partial charge in [0.15, 0.2) is 0 Å². The minimum Gasteiger partial charge on any atom is -0.336 e. The summed E-state index contributed by atoms with van der Waals surface area (Å²) in [6.45, 7) is 12.0. The third-order valence-corrected chi connectivity index (χ3v) is 7.06. The molecule has 0 unspecified atom stereocenters. The van der Waals surface area contributed by atoms with Crippen molar-refractivity contribution in [2.45, 2.75) is 26.3 Å². The number of carbonyl (C=O) groups is 1. The van der Waals surface area contributed by atoms with Crippen LogP contribution in [0.3, 0.4) is 0 Å². The monoisotopic (exact) mass is 459 g/mol. The highest BCUT2D eigenvalue weighted by molar-refractivity contribution is 5.95. The minimum atomic E-state index is 0.0987. The van der Waals surface area contributed by atoms with Crippen LogP contribution in [0.25, 0.3) is 11.1 Å². The van der Waals surface area contributed by atoms with Crippen LogP contribution in [0.2, 0.25) is 0 Å². The second kappa shape index (κ2) is 11.6. The van der Waals surface area contributed by atoms with Gasteiger partial charge in [-0.25, -0.2) is 0 Å². The Bertz CT molecular complexity index is 1000. The molecule has 2 aliphatic rings. The van der Waals surface area contributed by atoms with Gasteiger partial charge in [-0.2, -0.15) is 5.26 Å². The number of hydrogen-bond donors (Lipinski definition) is 0. The Hall–Kier alpha value is -2.72. The smallest absolute Gasteiger partial charge is 0.253 e. The number of carbonyl (C=O) groups excluding carboxylic acids is 1. The van der Waals surface area contributed by atoms with Gasteiger partial charge in [-0.1, -0.05) is 31.2 Å². The summed E-state index contributed by atoms with van der Waals surface area (Å²) in [5.74, 6) is 0.0987. The van der Waals surface area contributed by atoms with Gasteiger partial charge in [0.2, 0.25) is 0 Å². The molecule has 180 valence electrons. The van der Waals surface area contributed by atoms with Crippen LogP contribution >= 0.6 is 0 Å². The van der Waals surface area contributed by atoms with E-state index in [4.69, 9.17) is 0 Å². The van der Waals surface area contributed by atoms with Gasteiger partial charge in [-0.05, 0) is 74.4 Å². The summed E-state index contributed by atoms with van der Waals surface area (Å²) in [5, 5.41) is 9.83. The molecule has 1 amide bonds. The molecule has 2 aromatic carbocycles. The standard InChI is InChI=1S/C28H37N5O/c1-3-11-31-16-18-33(19-17-31)28(34)25-8-6-24(7-9-25)27-10-5-23(20-26(27)21-29)22-32-13-4-12-30(2)14-15-32/h5-10,20H,3-4,11-19,22H2,1-2H3. The topological polar surface area (TPSA) is 53.8 Å². The molecule has 0 atom stereocenters. The molecule has 0 spiro atoms. The quantitative estimate of drug-likeness (QED) is 0.662. The molecule has 2 aromatic rings. The van der Waals surface area contributed by atoms with Crippen molar-refractivity contribution in [1.82, 2.24) is 19.6 Å². The molecule has 34 heavy (non-hydrogen) atoms. The molecule has 0 saturated carbocycles. The van der Waals surface area contributed by atoms with E-state index in [1.807, 2.05) is 35.2 Å². The fourth-order valence-electron chi connectivity index (χ4n) is 5.02. The van der Waals surface area contributed by atoms with Crippen molar-refractivity contribution in [3.05, 3.63) is 59.2 Å². The van der Waals surface area contributed by atoms with Crippen LogP contribution in [0.15, 0.2) is 42.5 Å². The summed E-state index contributed by atoms with van der Waals surface area (Å²) < 4.78 is 0. The molecule has 6 nitrogen and oxygen atoms in total. The van der Waals surface area contributed by atoms with E-state index in [2.05, 4.69) is 46.9 Å². The van der Waals surface area contributed by atoms with Crippen molar-refractivity contribution in [1.29, 1.82) is 5.26 Å². The van der Waals surface area contributed by atoms with Gasteiger partial charge in [-0.15, -0.1) is 0 Å². The number of amides is 1. The fraction of sp³-hybridized carbons (Fsp3) is 0.500. The number of piperazine rings is 1. The van der Waals surface area contributed by atoms with Crippen LogP contribution in [0.4, 0.5) is 0 Å². The molecular weight excluding hydrogens is 422 g/mol. The van der Waals surface area contributed by atoms with Crippen molar-refractivity contribution in [3.8, 4) is 17.2 Å². The number of hydrogen-bond acceptors (Lipinski definition) is 5. The zero-order chi connectivity index (χ0) is 23.9. The normalized spacial score (nSPS) is 18.4. The van der Waals surface area contributed by atoms with Gasteiger partial charge in [0.25, 0.3) is 5.91 Å². The lowest BCUT2D eigenvalue weighted by molar-refractivity contribution is 0.0637. The summed E-state index contributed by atoms with van der Waals surface area (Å²) in [7, 11) is 2.18. The lowest BCUT2D eigenvalue weighted by Gasteiger charge is -2.34. The van der Waals surface area contributed by atoms with E-state index < -0.39 is 0 Å². The lowest BCUT2D eigenvalue weighted by atomic mass is 9.97. The van der Waals surface area contributed by atoms with Crippen LogP contribution in [-0.2, 0) is 6.54 Å². The summed E-state index contributed by atoms with van der Waals surface area (Å²) in [5.41, 5.74) is 4.49. The second-order valence-electron chi connectivity index (χ2n) is 9.64. The lowest BCUT2D eigenvalue weighted by Crippen LogP contribution is -2.48. The van der Waals surface area contributed by atoms with Gasteiger partial charge in [0.05, 0.1) is 11.6 Å². The molecule has 0 bridgehead atoms. The maximum absolute atomic E-state index is 13.0. The van der Waals surface area contributed by atoms with Crippen molar-refractivity contribution >= 4 is 5.91 Å². The second-order valence-corrected chi connectivity index (χ2v) is 9.64. The molecule has 6 heteroatoms. The van der Waals surface area contributed by atoms with Gasteiger partial charge in [0, 0.05) is 51.4 Å². The third kappa shape index (κ3) is 6.04. The summed E-state index contributed by atoms with van der Waals surface area (Å²) in [4.78, 5) is 22.2. The first-order chi connectivity index (χ1) is 16.6. The van der Waals surface area contributed by atoms with Gasteiger partial charge >= 0.3 is 0 Å². The van der Waals surface area contributed by atoms with E-state index in [1.54, 1.807) is 0 Å². The van der Waals surface area contributed by atoms with Crippen LogP contribution in [0.1, 0.15) is 41.3 Å². The predicted octanol–water partition coefficient (Wildman–Crippen LogP) is 3.53. The Balaban J connectivity index is 1.42. The SMILES string of the molecule is CCCN1CCN(C(=O)c2ccc(-c3ccc(CN4CCCN(C)CC4)cc3C#N)cc2)CC1. The van der Waals surface area contributed by atoms with Crippen molar-refractivity contribution in [2.24, 2.45) is 0 Å². The first kappa shape index (κ1) is 24.4. The number of likely N-dealkylation sites (N-methyl/N-ethyl adjacent to an activating group) is 1. The Morgan fingerprint density at radius 2 is 1.65 bits per heavy atom. The highest BCUT2D eigenvalue weighted by Gasteiger charge is 2.22. The fourth-order valence-corrected chi connectivity index (χ4v) is 5.02. The molecule has 0 aromatic heterocycles. The molecular formula is C28H37N5O. The summed E-state index contributed by atoms with van der Waals surface area (Å²) >= 11 is 0. The Morgan fingerprint density at radius 3 is 2.35 bits per heavy atom. The van der Waals surface area contributed by atoms with Crippen LogP contribution in [0.5, 0.6) is 0 Å². The van der Waals surface area contributed by atoms with E-state index >= 15 is 0 Å². The molecule has 0 radical (unpaired) electrons. The summed E-state index contributed by atoms with van der Waals surface area (Å²) in [6.07, 6.45) is 2.33. The number of rotatable bonds is 6. The van der Waals surface area contributed by atoms with E-state index in [0.717, 1.165) is 83.0 Å². The number of benzene rings is 2. The van der Waals surface area contributed by atoms with Crippen LogP contribution < -0.4 is 0 Å². The molecule has 0 aliphatic carbocycles. The van der Waals surface area contributed by atoms with Crippen molar-refractivity contribution in [3.63, 3.8) is 0 Å². The van der Waals surface area contributed by atoms with E-state index in [-0.39, 0.29) is 5.91 Å². The van der Waals surface area contributed by atoms with E-state index in [1.165, 1.54) is 12.0 Å². The Kier molecular flexibility index (Phi) is 8.34. The van der Waals surface area contributed by atoms with Crippen molar-refractivity contribution < 1.29 is 4.79 Å². The largest absolute Gasteiger partial charge is 0.336 e. The highest BCUT2D eigenvalue weighted by atomic mass is 16.2. The average Bonchev–Trinajstić information content (AvgIpc) is 3.08. The van der Waals surface area contributed by atoms with Crippen LogP contribution in [-0.4, -0.2) is 91.5 Å². The maximum Gasteiger partial charge on any atom is 0.253 e. The first-order valence-electron chi connectivity index (χ1n) is 12.6. The van der Waals surface area contributed by atoms with Crippen molar-refractivity contribution in [2.75, 3.05) is 66.0 Å². The summed E-state index contributed by atoms with van der Waals surface area (Å²) in [6, 6.07) is 16.4. The number of nitriles is 1. The molecule has 2 fully saturated rings. The van der Waals surface area contributed by atoms with E-state index in [9.17, 15) is 10.1 Å². The van der Waals surface area contributed by atoms with Gasteiger partial charge in [-0.3, -0.25) is 14.6 Å². The zero-order valence-corrected chi connectivity index (χ0v) is 20.7. The van der Waals surface area contributed by atoms with Crippen LogP contribution in [0, 0.1) is 11.3 Å². The number of nitrogens with zero attached hydrogens (tertiary/aromatic N) is 5. The third-order valence-electron chi connectivity index (χ3n) is 7.06. The Morgan fingerprint density at radius 1 is 0.912 bits per heavy atom. The Labute approximate surface area is 204 Å². The average molecular weight is 460 g/mol. The maximum atomic E-state index is 13.0. The first-order valence-corrected chi connectivity index (χ1v) is 12.6. The zero-order valence-electron chi connectivity index (χ0n) is 20.7. The predicted molar refractivity (Wildman–Crippen MR) is 137 cm³/mol. The van der Waals surface area contributed by atoms with E-state index in [0.29, 0.717) is 11.1 Å². The molecule has 2 saturated heterocycles.